The average Bonchev–Trinajstić information content (AvgIpc) is 3.57. The molecule has 0 spiro atoms. The van der Waals surface area contributed by atoms with Crippen LogP contribution in [-0.4, -0.2) is 32.4 Å². The Hall–Kier alpha value is -3.75. The first-order chi connectivity index (χ1) is 16.3. The van der Waals surface area contributed by atoms with Crippen molar-refractivity contribution in [1.82, 2.24) is 19.5 Å². The highest BCUT2D eigenvalue weighted by atomic mass is 19.4. The lowest BCUT2D eigenvalue weighted by atomic mass is 10.1. The van der Waals surface area contributed by atoms with E-state index in [4.69, 9.17) is 4.74 Å². The van der Waals surface area contributed by atoms with Crippen LogP contribution in [0.2, 0.25) is 0 Å². The summed E-state index contributed by atoms with van der Waals surface area (Å²) >= 11 is 0. The van der Waals surface area contributed by atoms with Gasteiger partial charge in [-0.3, -0.25) is 4.79 Å². The Morgan fingerprint density at radius 3 is 2.50 bits per heavy atom. The van der Waals surface area contributed by atoms with Gasteiger partial charge in [-0.05, 0) is 49.4 Å². The number of hydrogen-bond donors (Lipinski definition) is 0. The number of aromatic nitrogens is 4. The molecule has 0 radical (unpaired) electrons. The lowest BCUT2D eigenvalue weighted by Gasteiger charge is -2.13. The number of ether oxygens (including phenoxy) is 1. The fraction of sp³-hybridized carbons (Fsp3) is 0.280. The number of aryl methyl sites for hydroxylation is 1. The second kappa shape index (κ2) is 8.55. The Balaban J connectivity index is 1.65. The second-order valence-corrected chi connectivity index (χ2v) is 8.52. The van der Waals surface area contributed by atoms with Gasteiger partial charge in [-0.2, -0.15) is 18.2 Å². The number of imidazole rings is 1. The number of carbonyl (C=O) groups excluding carboxylic acids is 1. The molecule has 4 aromatic rings. The van der Waals surface area contributed by atoms with Gasteiger partial charge in [0.1, 0.15) is 5.82 Å². The number of nitrogens with zero attached hydrogens (tertiary/aromatic N) is 4. The number of carbonyl (C=O) groups is 1. The van der Waals surface area contributed by atoms with E-state index in [2.05, 4.69) is 15.0 Å². The summed E-state index contributed by atoms with van der Waals surface area (Å²) in [5, 5.41) is 0. The molecule has 1 aliphatic carbocycles. The first-order valence-corrected chi connectivity index (χ1v) is 10.9. The number of benzene rings is 2. The molecule has 0 amide bonds. The van der Waals surface area contributed by atoms with E-state index >= 15 is 0 Å². The zero-order chi connectivity index (χ0) is 23.9. The van der Waals surface area contributed by atoms with Gasteiger partial charge in [0, 0.05) is 12.1 Å². The van der Waals surface area contributed by atoms with E-state index in [0.717, 1.165) is 36.1 Å². The Morgan fingerprint density at radius 1 is 1.09 bits per heavy atom. The molecular weight excluding hydrogens is 445 g/mol. The second-order valence-electron chi connectivity index (χ2n) is 8.52. The Morgan fingerprint density at radius 2 is 1.85 bits per heavy atom. The van der Waals surface area contributed by atoms with E-state index in [1.54, 1.807) is 0 Å². The van der Waals surface area contributed by atoms with E-state index in [0.29, 0.717) is 41.4 Å². The lowest BCUT2D eigenvalue weighted by molar-refractivity contribution is -0.137. The third-order valence-electron chi connectivity index (χ3n) is 5.74. The molecule has 1 fully saturated rings. The summed E-state index contributed by atoms with van der Waals surface area (Å²) in [6.45, 7) is 2.65. The van der Waals surface area contributed by atoms with Crippen LogP contribution in [0.1, 0.15) is 40.2 Å². The van der Waals surface area contributed by atoms with Crippen LogP contribution in [0.15, 0.2) is 48.5 Å². The van der Waals surface area contributed by atoms with Crippen molar-refractivity contribution in [2.45, 2.75) is 32.5 Å². The van der Waals surface area contributed by atoms with Crippen LogP contribution in [0.25, 0.3) is 22.6 Å². The maximum atomic E-state index is 13.0. The summed E-state index contributed by atoms with van der Waals surface area (Å²) in [5.74, 6) is 1.23. The summed E-state index contributed by atoms with van der Waals surface area (Å²) in [5.41, 5.74) is 2.57. The first-order valence-electron chi connectivity index (χ1n) is 10.9. The molecule has 9 heteroatoms. The standard InChI is InChI=1S/C25H21F3N4O2/c1-15-3-2-4-18(11-15)23-31-22-21(24(30-20(13-33)29-22)34-14-17-5-6-17)32(23)12-16-7-9-19(10-8-16)25(26,27)28/h2-4,7-11,13,17H,5-6,12,14H2,1H3. The summed E-state index contributed by atoms with van der Waals surface area (Å²) in [6, 6.07) is 12.7. The van der Waals surface area contributed by atoms with Gasteiger partial charge in [-0.25, -0.2) is 9.97 Å². The molecule has 0 atom stereocenters. The van der Waals surface area contributed by atoms with Gasteiger partial charge in [-0.15, -0.1) is 0 Å². The van der Waals surface area contributed by atoms with Gasteiger partial charge < -0.3 is 9.30 Å². The quantitative estimate of drug-likeness (QED) is 0.338. The smallest absolute Gasteiger partial charge is 0.416 e. The normalized spacial score (nSPS) is 13.9. The number of fused-ring (bicyclic) bond motifs is 1. The largest absolute Gasteiger partial charge is 0.476 e. The van der Waals surface area contributed by atoms with Crippen LogP contribution in [0.4, 0.5) is 13.2 Å². The van der Waals surface area contributed by atoms with Gasteiger partial charge in [0.05, 0.1) is 12.2 Å². The topological polar surface area (TPSA) is 69.9 Å². The van der Waals surface area contributed by atoms with Crippen LogP contribution < -0.4 is 4.74 Å². The third kappa shape index (κ3) is 4.50. The summed E-state index contributed by atoms with van der Waals surface area (Å²) in [6.07, 6.45) is -1.71. The predicted molar refractivity (Wildman–Crippen MR) is 120 cm³/mol. The summed E-state index contributed by atoms with van der Waals surface area (Å²) in [4.78, 5) is 24.7. The molecule has 6 nitrogen and oxygen atoms in total. The van der Waals surface area contributed by atoms with Crippen molar-refractivity contribution in [3.05, 3.63) is 71.0 Å². The maximum absolute atomic E-state index is 13.0. The molecule has 0 unspecified atom stereocenters. The number of rotatable bonds is 7. The Bertz CT molecular complexity index is 1360. The molecule has 0 N–H and O–H groups in total. The fourth-order valence-electron chi connectivity index (χ4n) is 3.79. The van der Waals surface area contributed by atoms with Crippen LogP contribution in [-0.2, 0) is 12.7 Å². The first kappa shape index (κ1) is 22.1. The zero-order valence-electron chi connectivity index (χ0n) is 18.3. The summed E-state index contributed by atoms with van der Waals surface area (Å²) in [7, 11) is 0. The SMILES string of the molecule is Cc1cccc(-c2nc3nc(C=O)nc(OCC4CC4)c3n2Cc2ccc(C(F)(F)F)cc2)c1. The van der Waals surface area contributed by atoms with Gasteiger partial charge in [0.15, 0.2) is 23.3 Å². The third-order valence-corrected chi connectivity index (χ3v) is 5.74. The van der Waals surface area contributed by atoms with E-state index in [9.17, 15) is 18.0 Å². The van der Waals surface area contributed by atoms with Crippen molar-refractivity contribution in [2.24, 2.45) is 5.92 Å². The highest BCUT2D eigenvalue weighted by molar-refractivity contribution is 5.84. The van der Waals surface area contributed by atoms with Crippen molar-refractivity contribution in [2.75, 3.05) is 6.61 Å². The highest BCUT2D eigenvalue weighted by Gasteiger charge is 2.30. The van der Waals surface area contributed by atoms with Crippen molar-refractivity contribution in [3.63, 3.8) is 0 Å². The number of hydrogen-bond acceptors (Lipinski definition) is 5. The predicted octanol–water partition coefficient (Wildman–Crippen LogP) is 5.47. The Kier molecular flexibility index (Phi) is 5.55. The van der Waals surface area contributed by atoms with Crippen molar-refractivity contribution < 1.29 is 22.7 Å². The number of alkyl halides is 3. The van der Waals surface area contributed by atoms with Crippen LogP contribution in [0.5, 0.6) is 5.88 Å². The van der Waals surface area contributed by atoms with E-state index in [1.807, 2.05) is 35.8 Å². The van der Waals surface area contributed by atoms with Gasteiger partial charge in [0.25, 0.3) is 0 Å². The van der Waals surface area contributed by atoms with Crippen LogP contribution >= 0.6 is 0 Å². The monoisotopic (exact) mass is 466 g/mol. The minimum atomic E-state index is -4.41. The number of halogens is 3. The Labute approximate surface area is 193 Å². The van der Waals surface area contributed by atoms with Crippen molar-refractivity contribution >= 4 is 17.5 Å². The lowest BCUT2D eigenvalue weighted by Crippen LogP contribution is -2.09. The van der Waals surface area contributed by atoms with E-state index in [1.165, 1.54) is 12.1 Å². The molecule has 1 aliphatic rings. The molecule has 5 rings (SSSR count). The van der Waals surface area contributed by atoms with E-state index in [-0.39, 0.29) is 18.2 Å². The van der Waals surface area contributed by atoms with E-state index < -0.39 is 11.7 Å². The highest BCUT2D eigenvalue weighted by Crippen LogP contribution is 2.34. The average molecular weight is 466 g/mol. The van der Waals surface area contributed by atoms with Gasteiger partial charge in [-0.1, -0.05) is 35.9 Å². The van der Waals surface area contributed by atoms with Crippen LogP contribution in [0, 0.1) is 12.8 Å². The molecule has 2 aromatic carbocycles. The molecule has 174 valence electrons. The molecule has 0 bridgehead atoms. The van der Waals surface area contributed by atoms with Crippen molar-refractivity contribution in [3.8, 4) is 17.3 Å². The molecule has 2 aromatic heterocycles. The minimum Gasteiger partial charge on any atom is -0.476 e. The van der Waals surface area contributed by atoms with Crippen LogP contribution in [0.3, 0.4) is 0 Å². The number of aldehydes is 1. The molecule has 0 saturated heterocycles. The van der Waals surface area contributed by atoms with Crippen molar-refractivity contribution in [1.29, 1.82) is 0 Å². The maximum Gasteiger partial charge on any atom is 0.416 e. The summed E-state index contributed by atoms with van der Waals surface area (Å²) < 4.78 is 46.9. The molecule has 0 aliphatic heterocycles. The minimum absolute atomic E-state index is 0.0340. The van der Waals surface area contributed by atoms with Gasteiger partial charge in [0.2, 0.25) is 5.88 Å². The zero-order valence-corrected chi connectivity index (χ0v) is 18.3. The fourth-order valence-corrected chi connectivity index (χ4v) is 3.79. The van der Waals surface area contributed by atoms with Gasteiger partial charge >= 0.3 is 6.18 Å². The molecule has 2 heterocycles. The molecule has 1 saturated carbocycles. The molecule has 34 heavy (non-hydrogen) atoms. The molecular formula is C25H21F3N4O2.